The summed E-state index contributed by atoms with van der Waals surface area (Å²) in [5.74, 6) is 0. The first-order chi connectivity index (χ1) is 7.85. The summed E-state index contributed by atoms with van der Waals surface area (Å²) in [7, 11) is 0. The largest absolute Gasteiger partial charge is 0.309 e. The van der Waals surface area contributed by atoms with Crippen LogP contribution in [0.1, 0.15) is 60.9 Å². The maximum atomic E-state index is 3.65. The van der Waals surface area contributed by atoms with Crippen molar-refractivity contribution in [3.05, 3.63) is 21.4 Å². The molecular weight excluding hydrogens is 214 g/mol. The number of aryl methyl sites for hydroxylation is 2. The number of hydrogen-bond donors (Lipinski definition) is 1. The Morgan fingerprint density at radius 1 is 1.31 bits per heavy atom. The SMILES string of the molecule is CCCNC(CC)c1cc2c(s1)CCCC2. The third-order valence-electron chi connectivity index (χ3n) is 3.41. The molecule has 0 fully saturated rings. The monoisotopic (exact) mass is 237 g/mol. The molecule has 16 heavy (non-hydrogen) atoms. The Bertz CT molecular complexity index is 306. The van der Waals surface area contributed by atoms with Crippen LogP contribution in [0, 0.1) is 0 Å². The van der Waals surface area contributed by atoms with Gasteiger partial charge in [-0.15, -0.1) is 11.3 Å². The minimum absolute atomic E-state index is 0.593. The lowest BCUT2D eigenvalue weighted by Crippen LogP contribution is -2.20. The third kappa shape index (κ3) is 2.67. The molecule has 2 heteroatoms. The van der Waals surface area contributed by atoms with Gasteiger partial charge in [-0.3, -0.25) is 0 Å². The highest BCUT2D eigenvalue weighted by atomic mass is 32.1. The van der Waals surface area contributed by atoms with Gasteiger partial charge in [0.1, 0.15) is 0 Å². The van der Waals surface area contributed by atoms with Gasteiger partial charge in [0, 0.05) is 15.8 Å². The molecule has 0 saturated carbocycles. The summed E-state index contributed by atoms with van der Waals surface area (Å²) in [6.07, 6.45) is 7.86. The zero-order valence-electron chi connectivity index (χ0n) is 10.5. The summed E-state index contributed by atoms with van der Waals surface area (Å²) in [5, 5.41) is 3.65. The van der Waals surface area contributed by atoms with Gasteiger partial charge in [-0.1, -0.05) is 13.8 Å². The molecule has 0 spiro atoms. The minimum Gasteiger partial charge on any atom is -0.309 e. The number of nitrogens with one attached hydrogen (secondary N) is 1. The molecule has 1 aromatic heterocycles. The molecule has 0 aromatic carbocycles. The second-order valence-corrected chi connectivity index (χ2v) is 5.89. The van der Waals surface area contributed by atoms with E-state index >= 15 is 0 Å². The summed E-state index contributed by atoms with van der Waals surface area (Å²) >= 11 is 2.06. The Balaban J connectivity index is 2.09. The predicted molar refractivity (Wildman–Crippen MR) is 72.3 cm³/mol. The van der Waals surface area contributed by atoms with E-state index in [0.717, 1.165) is 6.54 Å². The van der Waals surface area contributed by atoms with Crippen molar-refractivity contribution < 1.29 is 0 Å². The summed E-state index contributed by atoms with van der Waals surface area (Å²) in [4.78, 5) is 3.24. The summed E-state index contributed by atoms with van der Waals surface area (Å²) < 4.78 is 0. The van der Waals surface area contributed by atoms with Crippen molar-refractivity contribution in [3.63, 3.8) is 0 Å². The first-order valence-electron chi connectivity index (χ1n) is 6.70. The maximum absolute atomic E-state index is 3.65. The summed E-state index contributed by atoms with van der Waals surface area (Å²) in [6.45, 7) is 5.66. The molecule has 1 heterocycles. The molecule has 1 N–H and O–H groups in total. The number of hydrogen-bond acceptors (Lipinski definition) is 2. The normalized spacial score (nSPS) is 17.1. The summed E-state index contributed by atoms with van der Waals surface area (Å²) in [6, 6.07) is 3.06. The molecule has 1 aliphatic carbocycles. The molecule has 1 aliphatic rings. The van der Waals surface area contributed by atoms with E-state index in [1.807, 2.05) is 0 Å². The van der Waals surface area contributed by atoms with Crippen molar-refractivity contribution in [2.45, 2.75) is 58.4 Å². The van der Waals surface area contributed by atoms with E-state index in [0.29, 0.717) is 6.04 Å². The van der Waals surface area contributed by atoms with Crippen LogP contribution in [0.15, 0.2) is 6.07 Å². The van der Waals surface area contributed by atoms with Gasteiger partial charge in [0.25, 0.3) is 0 Å². The highest BCUT2D eigenvalue weighted by Crippen LogP contribution is 2.33. The molecule has 0 saturated heterocycles. The Kier molecular flexibility index (Phi) is 4.42. The average molecular weight is 237 g/mol. The molecule has 0 amide bonds. The first kappa shape index (κ1) is 12.1. The molecule has 1 atom stereocenters. The lowest BCUT2D eigenvalue weighted by Gasteiger charge is -2.14. The van der Waals surface area contributed by atoms with E-state index in [4.69, 9.17) is 0 Å². The Morgan fingerprint density at radius 2 is 2.12 bits per heavy atom. The van der Waals surface area contributed by atoms with Gasteiger partial charge < -0.3 is 5.32 Å². The molecule has 1 aromatic rings. The van der Waals surface area contributed by atoms with Crippen LogP contribution in [0.2, 0.25) is 0 Å². The lowest BCUT2D eigenvalue weighted by atomic mass is 9.98. The van der Waals surface area contributed by atoms with Crippen molar-refractivity contribution >= 4 is 11.3 Å². The van der Waals surface area contributed by atoms with E-state index in [1.54, 1.807) is 15.3 Å². The van der Waals surface area contributed by atoms with Crippen LogP contribution in [0.25, 0.3) is 0 Å². The Labute approximate surface area is 103 Å². The fourth-order valence-electron chi connectivity index (χ4n) is 2.45. The minimum atomic E-state index is 0.593. The van der Waals surface area contributed by atoms with Crippen LogP contribution < -0.4 is 5.32 Å². The van der Waals surface area contributed by atoms with Gasteiger partial charge in [0.05, 0.1) is 0 Å². The predicted octanol–water partition coefficient (Wildman–Crippen LogP) is 4.08. The smallest absolute Gasteiger partial charge is 0.0412 e. The fraction of sp³-hybridized carbons (Fsp3) is 0.714. The first-order valence-corrected chi connectivity index (χ1v) is 7.51. The molecule has 0 bridgehead atoms. The average Bonchev–Trinajstić information content (AvgIpc) is 2.73. The van der Waals surface area contributed by atoms with Crippen LogP contribution in [0.4, 0.5) is 0 Å². The van der Waals surface area contributed by atoms with Crippen LogP contribution >= 0.6 is 11.3 Å². The standard InChI is InChI=1S/C14H23NS/c1-3-9-15-12(4-2)14-10-11-7-5-6-8-13(11)16-14/h10,12,15H,3-9H2,1-2H3. The quantitative estimate of drug-likeness (QED) is 0.813. The lowest BCUT2D eigenvalue weighted by molar-refractivity contribution is 0.525. The molecule has 0 aliphatic heterocycles. The molecule has 1 nitrogen and oxygen atoms in total. The molecule has 0 radical (unpaired) electrons. The van der Waals surface area contributed by atoms with E-state index in [-0.39, 0.29) is 0 Å². The van der Waals surface area contributed by atoms with E-state index in [2.05, 4.69) is 36.6 Å². The second-order valence-electron chi connectivity index (χ2n) is 4.72. The molecular formula is C14H23NS. The van der Waals surface area contributed by atoms with Crippen molar-refractivity contribution in [3.8, 4) is 0 Å². The van der Waals surface area contributed by atoms with Crippen LogP contribution in [-0.2, 0) is 12.8 Å². The Hall–Kier alpha value is -0.340. The molecule has 2 rings (SSSR count). The number of thiophene rings is 1. The van der Waals surface area contributed by atoms with Crippen LogP contribution in [0.3, 0.4) is 0 Å². The van der Waals surface area contributed by atoms with Crippen molar-refractivity contribution in [1.82, 2.24) is 5.32 Å². The number of fused-ring (bicyclic) bond motifs is 1. The van der Waals surface area contributed by atoms with Crippen molar-refractivity contribution in [1.29, 1.82) is 0 Å². The van der Waals surface area contributed by atoms with Gasteiger partial charge in [0.15, 0.2) is 0 Å². The van der Waals surface area contributed by atoms with Crippen molar-refractivity contribution in [2.24, 2.45) is 0 Å². The van der Waals surface area contributed by atoms with E-state index < -0.39 is 0 Å². The molecule has 1 unspecified atom stereocenters. The van der Waals surface area contributed by atoms with Gasteiger partial charge in [-0.05, 0) is 56.7 Å². The summed E-state index contributed by atoms with van der Waals surface area (Å²) in [5.41, 5.74) is 1.64. The maximum Gasteiger partial charge on any atom is 0.0412 e. The highest BCUT2D eigenvalue weighted by Gasteiger charge is 2.17. The topological polar surface area (TPSA) is 12.0 Å². The zero-order chi connectivity index (χ0) is 11.4. The van der Waals surface area contributed by atoms with Crippen molar-refractivity contribution in [2.75, 3.05) is 6.54 Å². The van der Waals surface area contributed by atoms with Crippen LogP contribution in [-0.4, -0.2) is 6.54 Å². The van der Waals surface area contributed by atoms with Gasteiger partial charge >= 0.3 is 0 Å². The van der Waals surface area contributed by atoms with Gasteiger partial charge in [-0.25, -0.2) is 0 Å². The zero-order valence-corrected chi connectivity index (χ0v) is 11.3. The third-order valence-corrected chi connectivity index (χ3v) is 4.76. The molecule has 90 valence electrons. The van der Waals surface area contributed by atoms with Gasteiger partial charge in [0.2, 0.25) is 0 Å². The fourth-order valence-corrected chi connectivity index (χ4v) is 3.87. The highest BCUT2D eigenvalue weighted by molar-refractivity contribution is 7.12. The van der Waals surface area contributed by atoms with E-state index in [9.17, 15) is 0 Å². The van der Waals surface area contributed by atoms with Crippen LogP contribution in [0.5, 0.6) is 0 Å². The van der Waals surface area contributed by atoms with Gasteiger partial charge in [-0.2, -0.15) is 0 Å². The Morgan fingerprint density at radius 3 is 2.81 bits per heavy atom. The van der Waals surface area contributed by atoms with E-state index in [1.165, 1.54) is 38.5 Å². The number of rotatable bonds is 5. The second kappa shape index (κ2) is 5.83.